The molecule has 0 aliphatic rings. The first-order valence-corrected chi connectivity index (χ1v) is 6.72. The molecule has 0 aromatic carbocycles. The number of hydrogen-bond acceptors (Lipinski definition) is 3. The number of carbonyl (C=O) groups excluding carboxylic acids is 1. The van der Waals surface area contributed by atoms with Crippen LogP contribution in [0.5, 0.6) is 0 Å². The predicted molar refractivity (Wildman–Crippen MR) is 73.9 cm³/mol. The summed E-state index contributed by atoms with van der Waals surface area (Å²) in [5.74, 6) is -0.650. The number of rotatable bonds is 8. The Morgan fingerprint density at radius 3 is 2.26 bits per heavy atom. The van der Waals surface area contributed by atoms with Gasteiger partial charge in [-0.25, -0.2) is 0 Å². The lowest BCUT2D eigenvalue weighted by Gasteiger charge is -2.21. The highest BCUT2D eigenvalue weighted by Crippen LogP contribution is 2.14. The summed E-state index contributed by atoms with van der Waals surface area (Å²) >= 11 is 0. The minimum atomic E-state index is -0.828. The molecule has 0 bridgehead atoms. The summed E-state index contributed by atoms with van der Waals surface area (Å²) in [5.41, 5.74) is -0.351. The molecular formula is C14H27NO4. The molecule has 0 aliphatic heterocycles. The summed E-state index contributed by atoms with van der Waals surface area (Å²) in [6.07, 6.45) is 0.866. The molecule has 5 heteroatoms. The number of aliphatic carboxylic acids is 1. The highest BCUT2D eigenvalue weighted by atomic mass is 16.5. The molecule has 5 nitrogen and oxygen atoms in total. The Balaban J connectivity index is 4.08. The van der Waals surface area contributed by atoms with Crippen molar-refractivity contribution >= 4 is 11.9 Å². The van der Waals surface area contributed by atoms with E-state index in [0.717, 1.165) is 6.42 Å². The molecule has 2 N–H and O–H groups in total. The molecule has 1 unspecified atom stereocenters. The van der Waals surface area contributed by atoms with Crippen LogP contribution in [0.4, 0.5) is 0 Å². The first-order chi connectivity index (χ1) is 8.60. The standard InChI is InChI=1S/C14H27NO4/c1-10(2)6-11(7-13(17)18)8-15-12(16)9-19-14(3,4)5/h10-11H,6-9H2,1-5H3,(H,15,16)(H,17,18). The van der Waals surface area contributed by atoms with E-state index in [4.69, 9.17) is 9.84 Å². The van der Waals surface area contributed by atoms with Crippen LogP contribution in [0.15, 0.2) is 0 Å². The van der Waals surface area contributed by atoms with Gasteiger partial charge in [-0.2, -0.15) is 0 Å². The second-order valence-electron chi connectivity index (χ2n) is 6.30. The van der Waals surface area contributed by atoms with Crippen LogP contribution in [-0.4, -0.2) is 35.7 Å². The van der Waals surface area contributed by atoms with Crippen molar-refractivity contribution in [3.05, 3.63) is 0 Å². The first-order valence-electron chi connectivity index (χ1n) is 6.72. The summed E-state index contributed by atoms with van der Waals surface area (Å²) in [6, 6.07) is 0. The average Bonchev–Trinajstić information content (AvgIpc) is 2.20. The Kier molecular flexibility index (Phi) is 7.68. The third kappa shape index (κ3) is 11.7. The Labute approximate surface area is 115 Å². The number of carbonyl (C=O) groups is 2. The smallest absolute Gasteiger partial charge is 0.303 e. The third-order valence-corrected chi connectivity index (χ3v) is 2.49. The Hall–Kier alpha value is -1.10. The molecule has 1 atom stereocenters. The summed E-state index contributed by atoms with van der Waals surface area (Å²) in [6.45, 7) is 10.1. The lowest BCUT2D eigenvalue weighted by Crippen LogP contribution is -2.35. The lowest BCUT2D eigenvalue weighted by atomic mass is 9.94. The van der Waals surface area contributed by atoms with Gasteiger partial charge in [-0.05, 0) is 39.0 Å². The van der Waals surface area contributed by atoms with Gasteiger partial charge in [-0.3, -0.25) is 9.59 Å². The van der Waals surface area contributed by atoms with E-state index in [1.54, 1.807) is 0 Å². The van der Waals surface area contributed by atoms with Crippen LogP contribution in [0.25, 0.3) is 0 Å². The van der Waals surface area contributed by atoms with Gasteiger partial charge < -0.3 is 15.2 Å². The van der Waals surface area contributed by atoms with E-state index >= 15 is 0 Å². The molecule has 1 amide bonds. The van der Waals surface area contributed by atoms with Crippen LogP contribution in [0, 0.1) is 11.8 Å². The van der Waals surface area contributed by atoms with Crippen molar-refractivity contribution < 1.29 is 19.4 Å². The van der Waals surface area contributed by atoms with E-state index in [1.165, 1.54) is 0 Å². The minimum absolute atomic E-state index is 0.00493. The second-order valence-corrected chi connectivity index (χ2v) is 6.30. The van der Waals surface area contributed by atoms with Crippen LogP contribution in [0.3, 0.4) is 0 Å². The molecule has 0 fully saturated rings. The van der Waals surface area contributed by atoms with Crippen LogP contribution < -0.4 is 5.32 Å². The number of nitrogens with one attached hydrogen (secondary N) is 1. The first kappa shape index (κ1) is 17.9. The summed E-state index contributed by atoms with van der Waals surface area (Å²) in [7, 11) is 0. The fourth-order valence-electron chi connectivity index (χ4n) is 1.74. The van der Waals surface area contributed by atoms with Crippen LogP contribution in [0.1, 0.15) is 47.5 Å². The number of carboxylic acids is 1. The Morgan fingerprint density at radius 2 is 1.84 bits per heavy atom. The monoisotopic (exact) mass is 273 g/mol. The lowest BCUT2D eigenvalue weighted by molar-refractivity contribution is -0.138. The van der Waals surface area contributed by atoms with Gasteiger partial charge in [-0.15, -0.1) is 0 Å². The fraction of sp³-hybridized carbons (Fsp3) is 0.857. The zero-order chi connectivity index (χ0) is 15.1. The molecule has 0 saturated heterocycles. The van der Waals surface area contributed by atoms with Crippen molar-refractivity contribution in [2.24, 2.45) is 11.8 Å². The number of carboxylic acid groups (broad SMARTS) is 1. The van der Waals surface area contributed by atoms with Crippen molar-refractivity contribution in [2.45, 2.75) is 53.1 Å². The molecule has 0 aromatic heterocycles. The molecule has 19 heavy (non-hydrogen) atoms. The zero-order valence-corrected chi connectivity index (χ0v) is 12.7. The maximum absolute atomic E-state index is 11.6. The van der Waals surface area contributed by atoms with Gasteiger partial charge in [0.1, 0.15) is 6.61 Å². The molecule has 0 saturated carbocycles. The highest BCUT2D eigenvalue weighted by Gasteiger charge is 2.17. The van der Waals surface area contributed by atoms with Crippen molar-refractivity contribution in [1.82, 2.24) is 5.32 Å². The fourth-order valence-corrected chi connectivity index (χ4v) is 1.74. The number of hydrogen-bond donors (Lipinski definition) is 2. The van der Waals surface area contributed by atoms with E-state index in [-0.39, 0.29) is 30.5 Å². The summed E-state index contributed by atoms with van der Waals surface area (Å²) in [5, 5.41) is 11.6. The molecular weight excluding hydrogens is 246 g/mol. The summed E-state index contributed by atoms with van der Waals surface area (Å²) in [4.78, 5) is 22.3. The Morgan fingerprint density at radius 1 is 1.26 bits per heavy atom. The van der Waals surface area contributed by atoms with Crippen molar-refractivity contribution in [2.75, 3.05) is 13.2 Å². The van der Waals surface area contributed by atoms with Gasteiger partial charge >= 0.3 is 5.97 Å². The normalized spacial score (nSPS) is 13.4. The Bertz CT molecular complexity index is 294. The minimum Gasteiger partial charge on any atom is -0.481 e. The van der Waals surface area contributed by atoms with E-state index in [2.05, 4.69) is 5.32 Å². The van der Waals surface area contributed by atoms with Crippen molar-refractivity contribution in [3.8, 4) is 0 Å². The molecule has 0 aliphatic carbocycles. The largest absolute Gasteiger partial charge is 0.481 e. The predicted octanol–water partition coefficient (Wildman–Crippen LogP) is 2.05. The molecule has 0 radical (unpaired) electrons. The van der Waals surface area contributed by atoms with Crippen LogP contribution in [0.2, 0.25) is 0 Å². The number of ether oxygens (including phenoxy) is 1. The summed E-state index contributed by atoms with van der Waals surface area (Å²) < 4.78 is 5.36. The third-order valence-electron chi connectivity index (χ3n) is 2.49. The van der Waals surface area contributed by atoms with Crippen molar-refractivity contribution in [3.63, 3.8) is 0 Å². The van der Waals surface area contributed by atoms with Gasteiger partial charge in [-0.1, -0.05) is 13.8 Å². The van der Waals surface area contributed by atoms with Gasteiger partial charge in [0.2, 0.25) is 5.91 Å². The molecule has 0 heterocycles. The van der Waals surface area contributed by atoms with Gasteiger partial charge in [0, 0.05) is 13.0 Å². The molecule has 0 aromatic rings. The van der Waals surface area contributed by atoms with Crippen LogP contribution in [-0.2, 0) is 14.3 Å². The zero-order valence-electron chi connectivity index (χ0n) is 12.7. The SMILES string of the molecule is CC(C)CC(CNC(=O)COC(C)(C)C)CC(=O)O. The second kappa shape index (κ2) is 8.15. The molecule has 0 spiro atoms. The molecule has 0 rings (SSSR count). The topological polar surface area (TPSA) is 75.6 Å². The van der Waals surface area contributed by atoms with Crippen molar-refractivity contribution in [1.29, 1.82) is 0 Å². The van der Waals surface area contributed by atoms with Crippen LogP contribution >= 0.6 is 0 Å². The van der Waals surface area contributed by atoms with Gasteiger partial charge in [0.15, 0.2) is 0 Å². The van der Waals surface area contributed by atoms with E-state index in [9.17, 15) is 9.59 Å². The quantitative estimate of drug-likeness (QED) is 0.709. The number of amides is 1. The average molecular weight is 273 g/mol. The van der Waals surface area contributed by atoms with E-state index < -0.39 is 5.97 Å². The van der Waals surface area contributed by atoms with Gasteiger partial charge in [0.05, 0.1) is 5.60 Å². The maximum atomic E-state index is 11.6. The van der Waals surface area contributed by atoms with E-state index in [1.807, 2.05) is 34.6 Å². The maximum Gasteiger partial charge on any atom is 0.303 e. The van der Waals surface area contributed by atoms with Gasteiger partial charge in [0.25, 0.3) is 0 Å². The molecule has 112 valence electrons. The highest BCUT2D eigenvalue weighted by molar-refractivity contribution is 5.77. The van der Waals surface area contributed by atoms with E-state index in [0.29, 0.717) is 12.5 Å².